The monoisotopic (exact) mass is 258 g/mol. The first-order valence-corrected chi connectivity index (χ1v) is 6.20. The normalized spacial score (nSPS) is 10.5. The Hall–Kier alpha value is -0.500. The lowest BCUT2D eigenvalue weighted by atomic mass is 10.4. The molecule has 0 amide bonds. The second kappa shape index (κ2) is 9.71. The lowest BCUT2D eigenvalue weighted by molar-refractivity contribution is -0.178. The first-order chi connectivity index (χ1) is 6.85. The van der Waals surface area contributed by atoms with Crippen LogP contribution < -0.4 is 0 Å². The molecule has 0 aromatic rings. The second-order valence-corrected chi connectivity index (χ2v) is 4.92. The van der Waals surface area contributed by atoms with Crippen molar-refractivity contribution in [1.82, 2.24) is 0 Å². The molecule has 0 rings (SSSR count). The van der Waals surface area contributed by atoms with Gasteiger partial charge in [0.25, 0.3) is 10.1 Å². The highest BCUT2D eigenvalue weighted by Crippen LogP contribution is 2.05. The Balaban J connectivity index is -0.000000166. The maximum atomic E-state index is 9.44. The molecule has 0 unspecified atom stereocenters. The maximum absolute atomic E-state index is 9.44. The molecule has 0 aromatic carbocycles. The fourth-order valence-corrected chi connectivity index (χ4v) is 0.0833. The van der Waals surface area contributed by atoms with Gasteiger partial charge in [0.1, 0.15) is 5.78 Å². The molecule has 0 radical (unpaired) electrons. The molecule has 0 atom stereocenters. The summed E-state index contributed by atoms with van der Waals surface area (Å²) in [5.41, 5.74) is 0. The van der Waals surface area contributed by atoms with Crippen LogP contribution in [0.2, 0.25) is 0 Å². The summed E-state index contributed by atoms with van der Waals surface area (Å²) in [6, 6.07) is 0. The number of Topliss-reactive ketones (excluding diaryl/α,β-unsaturated/α-hetero) is 1. The minimum atomic E-state index is -3.67. The van der Waals surface area contributed by atoms with Gasteiger partial charge in [0, 0.05) is 14.2 Å². The van der Waals surface area contributed by atoms with Gasteiger partial charge in [0.15, 0.2) is 5.79 Å². The number of ether oxygens (including phenoxy) is 2. The zero-order valence-electron chi connectivity index (χ0n) is 10.9. The van der Waals surface area contributed by atoms with E-state index in [0.29, 0.717) is 6.26 Å². The summed E-state index contributed by atoms with van der Waals surface area (Å²) in [6.07, 6.45) is 0.715. The van der Waals surface area contributed by atoms with Crippen molar-refractivity contribution in [1.29, 1.82) is 0 Å². The van der Waals surface area contributed by atoms with E-state index in [-0.39, 0.29) is 5.78 Å². The van der Waals surface area contributed by atoms with E-state index in [1.807, 2.05) is 13.8 Å². The van der Waals surface area contributed by atoms with Gasteiger partial charge in [-0.1, -0.05) is 0 Å². The number of methoxy groups -OCH3 is 2. The van der Waals surface area contributed by atoms with Crippen molar-refractivity contribution in [2.75, 3.05) is 20.5 Å². The van der Waals surface area contributed by atoms with Gasteiger partial charge in [0.05, 0.1) is 6.26 Å². The number of carbonyl (C=O) groups excluding carboxylic acids is 1. The highest BCUT2D eigenvalue weighted by Gasteiger charge is 2.11. The van der Waals surface area contributed by atoms with E-state index in [2.05, 4.69) is 0 Å². The SMILES string of the molecule is CC(C)=O.COC(C)(C)OC.CS(=O)(=O)O. The minimum Gasteiger partial charge on any atom is -0.354 e. The predicted molar refractivity (Wildman–Crippen MR) is 61.9 cm³/mol. The summed E-state index contributed by atoms with van der Waals surface area (Å²) < 4.78 is 35.6. The van der Waals surface area contributed by atoms with Crippen LogP contribution in [0.15, 0.2) is 0 Å². The van der Waals surface area contributed by atoms with Crippen LogP contribution in [0.1, 0.15) is 27.7 Å². The predicted octanol–water partition coefficient (Wildman–Crippen LogP) is 1.11. The van der Waals surface area contributed by atoms with Crippen LogP contribution in [0.4, 0.5) is 0 Å². The topological polar surface area (TPSA) is 89.9 Å². The molecule has 6 nitrogen and oxygen atoms in total. The van der Waals surface area contributed by atoms with E-state index >= 15 is 0 Å². The number of carbonyl (C=O) groups is 1. The van der Waals surface area contributed by atoms with Crippen molar-refractivity contribution < 1.29 is 27.2 Å². The smallest absolute Gasteiger partial charge is 0.261 e. The fourth-order valence-electron chi connectivity index (χ4n) is 0.0833. The summed E-state index contributed by atoms with van der Waals surface area (Å²) in [7, 11) is -0.438. The Kier molecular flexibility index (Phi) is 12.7. The summed E-state index contributed by atoms with van der Waals surface area (Å²) in [6.45, 7) is 6.76. The van der Waals surface area contributed by atoms with Gasteiger partial charge in [-0.05, 0) is 27.7 Å². The van der Waals surface area contributed by atoms with Gasteiger partial charge < -0.3 is 14.3 Å². The van der Waals surface area contributed by atoms with Gasteiger partial charge >= 0.3 is 0 Å². The molecule has 0 heterocycles. The fraction of sp³-hybridized carbons (Fsp3) is 0.889. The van der Waals surface area contributed by atoms with Crippen LogP contribution in [0.5, 0.6) is 0 Å². The van der Waals surface area contributed by atoms with Gasteiger partial charge in [-0.3, -0.25) is 4.55 Å². The molecule has 7 heteroatoms. The van der Waals surface area contributed by atoms with Crippen molar-refractivity contribution in [2.45, 2.75) is 33.5 Å². The third kappa shape index (κ3) is 69.7. The summed E-state index contributed by atoms with van der Waals surface area (Å²) in [5, 5.41) is 0. The maximum Gasteiger partial charge on any atom is 0.261 e. The molecule has 100 valence electrons. The molecule has 0 spiro atoms. The van der Waals surface area contributed by atoms with Crippen molar-refractivity contribution in [3.8, 4) is 0 Å². The third-order valence-corrected chi connectivity index (χ3v) is 0.983. The molecule has 0 fully saturated rings. The van der Waals surface area contributed by atoms with E-state index in [4.69, 9.17) is 14.0 Å². The quantitative estimate of drug-likeness (QED) is 0.589. The van der Waals surface area contributed by atoms with Crippen molar-refractivity contribution in [2.24, 2.45) is 0 Å². The molecule has 1 N–H and O–H groups in total. The highest BCUT2D eigenvalue weighted by molar-refractivity contribution is 7.85. The minimum absolute atomic E-state index is 0.167. The number of ketones is 1. The van der Waals surface area contributed by atoms with Crippen molar-refractivity contribution in [3.05, 3.63) is 0 Å². The van der Waals surface area contributed by atoms with Crippen LogP contribution in [0.25, 0.3) is 0 Å². The summed E-state index contributed by atoms with van der Waals surface area (Å²) >= 11 is 0. The first kappa shape index (κ1) is 20.9. The third-order valence-electron chi connectivity index (χ3n) is 0.983. The zero-order chi connectivity index (χ0) is 14.0. The van der Waals surface area contributed by atoms with E-state index in [1.54, 1.807) is 14.2 Å². The lowest BCUT2D eigenvalue weighted by Gasteiger charge is -2.19. The largest absolute Gasteiger partial charge is 0.354 e. The lowest BCUT2D eigenvalue weighted by Crippen LogP contribution is -2.24. The van der Waals surface area contributed by atoms with Crippen molar-refractivity contribution >= 4 is 15.9 Å². The highest BCUT2D eigenvalue weighted by atomic mass is 32.2. The molecule has 16 heavy (non-hydrogen) atoms. The van der Waals surface area contributed by atoms with Crippen LogP contribution >= 0.6 is 0 Å². The molecule has 0 aliphatic heterocycles. The first-order valence-electron chi connectivity index (χ1n) is 4.35. The van der Waals surface area contributed by atoms with Crippen LogP contribution in [-0.4, -0.2) is 45.0 Å². The molecular weight excluding hydrogens is 236 g/mol. The Bertz CT molecular complexity index is 250. The van der Waals surface area contributed by atoms with E-state index in [1.165, 1.54) is 13.8 Å². The Labute approximate surface area is 97.7 Å². The van der Waals surface area contributed by atoms with Gasteiger partial charge in [-0.15, -0.1) is 0 Å². The van der Waals surface area contributed by atoms with Crippen LogP contribution in [0, 0.1) is 0 Å². The van der Waals surface area contributed by atoms with E-state index in [9.17, 15) is 13.2 Å². The zero-order valence-corrected chi connectivity index (χ0v) is 11.7. The number of rotatable bonds is 2. The Morgan fingerprint density at radius 3 is 1.25 bits per heavy atom. The molecule has 0 aromatic heterocycles. The van der Waals surface area contributed by atoms with Crippen LogP contribution in [-0.2, 0) is 24.4 Å². The summed E-state index contributed by atoms with van der Waals surface area (Å²) in [5.74, 6) is -0.250. The van der Waals surface area contributed by atoms with Gasteiger partial charge in [-0.25, -0.2) is 0 Å². The molecular formula is C9H22O6S. The molecule has 0 aliphatic carbocycles. The Morgan fingerprint density at radius 2 is 1.25 bits per heavy atom. The molecule has 0 aliphatic rings. The second-order valence-electron chi connectivity index (χ2n) is 3.45. The molecule has 0 saturated heterocycles. The van der Waals surface area contributed by atoms with Crippen molar-refractivity contribution in [3.63, 3.8) is 0 Å². The molecule has 0 saturated carbocycles. The number of hydrogen-bond donors (Lipinski definition) is 1. The summed E-state index contributed by atoms with van der Waals surface area (Å²) in [4.78, 5) is 9.44. The van der Waals surface area contributed by atoms with Gasteiger partial charge in [0.2, 0.25) is 0 Å². The van der Waals surface area contributed by atoms with E-state index in [0.717, 1.165) is 0 Å². The average molecular weight is 258 g/mol. The van der Waals surface area contributed by atoms with E-state index < -0.39 is 15.9 Å². The molecule has 0 bridgehead atoms. The Morgan fingerprint density at radius 1 is 1.12 bits per heavy atom. The standard InChI is InChI=1S/C5H12O2.C3H6O.CH4O3S/c1-5(2,6-3)7-4;1-3(2)4;1-5(2,3)4/h1-4H3;1-2H3;1H3,(H,2,3,4). The average Bonchev–Trinajstić information content (AvgIpc) is 2.00. The van der Waals surface area contributed by atoms with Gasteiger partial charge in [-0.2, -0.15) is 8.42 Å². The number of hydrogen-bond acceptors (Lipinski definition) is 5. The van der Waals surface area contributed by atoms with Crippen LogP contribution in [0.3, 0.4) is 0 Å².